The number of halogens is 1. The summed E-state index contributed by atoms with van der Waals surface area (Å²) in [6.07, 6.45) is 1.85. The van der Waals surface area contributed by atoms with E-state index in [0.717, 1.165) is 29.5 Å². The van der Waals surface area contributed by atoms with Gasteiger partial charge in [0.05, 0.1) is 12.5 Å². The van der Waals surface area contributed by atoms with Crippen LogP contribution in [0.5, 0.6) is 0 Å². The Kier molecular flexibility index (Phi) is 5.20. The molecule has 26 heavy (non-hydrogen) atoms. The summed E-state index contributed by atoms with van der Waals surface area (Å²) in [5.74, 6) is 0.130. The zero-order chi connectivity index (χ0) is 19.1. The smallest absolute Gasteiger partial charge is 0.410 e. The first kappa shape index (κ1) is 19.0. The molecular weight excluding hydrogens is 352 g/mol. The molecule has 1 aromatic carbocycles. The number of likely N-dealkylation sites (tertiary alicyclic amines) is 1. The van der Waals surface area contributed by atoms with Crippen molar-refractivity contribution < 1.29 is 14.3 Å². The van der Waals surface area contributed by atoms with E-state index in [9.17, 15) is 9.59 Å². The molecule has 142 valence electrons. The van der Waals surface area contributed by atoms with Crippen molar-refractivity contribution >= 4 is 23.6 Å². The van der Waals surface area contributed by atoms with Crippen molar-refractivity contribution in [3.63, 3.8) is 0 Å². The zero-order valence-corrected chi connectivity index (χ0v) is 16.7. The number of fused-ring (bicyclic) bond motifs is 1. The third kappa shape index (κ3) is 3.83. The highest BCUT2D eigenvalue weighted by molar-refractivity contribution is 6.30. The van der Waals surface area contributed by atoms with Crippen molar-refractivity contribution in [1.82, 2.24) is 9.80 Å². The van der Waals surface area contributed by atoms with Crippen LogP contribution in [0.1, 0.15) is 63.3 Å². The van der Waals surface area contributed by atoms with Crippen LogP contribution in [0.15, 0.2) is 12.1 Å². The first-order chi connectivity index (χ1) is 12.2. The molecule has 0 aromatic heterocycles. The van der Waals surface area contributed by atoms with E-state index in [1.165, 1.54) is 0 Å². The lowest BCUT2D eigenvalue weighted by Gasteiger charge is -2.33. The number of carbonyl (C=O) groups excluding carboxylic acids is 2. The molecule has 1 aromatic rings. The van der Waals surface area contributed by atoms with E-state index in [4.69, 9.17) is 16.3 Å². The molecule has 5 nitrogen and oxygen atoms in total. The Morgan fingerprint density at radius 1 is 1.35 bits per heavy atom. The van der Waals surface area contributed by atoms with Crippen molar-refractivity contribution in [3.05, 3.63) is 33.8 Å². The van der Waals surface area contributed by atoms with Gasteiger partial charge in [-0.15, -0.1) is 0 Å². The third-order valence-electron chi connectivity index (χ3n) is 5.01. The number of amides is 2. The number of hydrogen-bond donors (Lipinski definition) is 0. The van der Waals surface area contributed by atoms with Gasteiger partial charge in [0.25, 0.3) is 0 Å². The van der Waals surface area contributed by atoms with Crippen molar-refractivity contribution in [2.75, 3.05) is 13.1 Å². The second-order valence-electron chi connectivity index (χ2n) is 8.05. The highest BCUT2D eigenvalue weighted by atomic mass is 35.5. The maximum Gasteiger partial charge on any atom is 0.410 e. The van der Waals surface area contributed by atoms with Crippen LogP contribution in [0.3, 0.4) is 0 Å². The topological polar surface area (TPSA) is 49.9 Å². The molecule has 1 fully saturated rings. The zero-order valence-electron chi connectivity index (χ0n) is 16.0. The van der Waals surface area contributed by atoms with E-state index < -0.39 is 5.60 Å². The summed E-state index contributed by atoms with van der Waals surface area (Å²) in [6, 6.07) is 3.78. The number of ether oxygens (including phenoxy) is 1. The normalized spacial score (nSPS) is 20.3. The van der Waals surface area contributed by atoms with E-state index in [1.54, 1.807) is 4.90 Å². The maximum atomic E-state index is 12.7. The number of likely N-dealkylation sites (N-methyl/N-ethyl adjacent to an activating group) is 1. The summed E-state index contributed by atoms with van der Waals surface area (Å²) < 4.78 is 5.58. The van der Waals surface area contributed by atoms with Crippen LogP contribution in [-0.4, -0.2) is 40.5 Å². The summed E-state index contributed by atoms with van der Waals surface area (Å²) in [7, 11) is 0. The fraction of sp³-hybridized carbons (Fsp3) is 0.600. The molecule has 0 radical (unpaired) electrons. The predicted octanol–water partition coefficient (Wildman–Crippen LogP) is 4.32. The minimum atomic E-state index is -0.532. The Hall–Kier alpha value is -1.75. The van der Waals surface area contributed by atoms with Gasteiger partial charge in [-0.2, -0.15) is 0 Å². The van der Waals surface area contributed by atoms with Crippen LogP contribution in [0.25, 0.3) is 0 Å². The Morgan fingerprint density at radius 3 is 2.73 bits per heavy atom. The molecule has 2 heterocycles. The number of benzene rings is 1. The molecule has 1 saturated heterocycles. The molecule has 0 N–H and O–H groups in total. The quantitative estimate of drug-likeness (QED) is 0.770. The van der Waals surface area contributed by atoms with Crippen LogP contribution in [0, 0.1) is 0 Å². The summed E-state index contributed by atoms with van der Waals surface area (Å²) in [6.45, 7) is 9.52. The molecule has 3 rings (SSSR count). The standard InChI is InChI=1S/C20H27ClN2O3/c1-5-22-12-13-9-14(21)10-16(15(13)11-18(22)24)17-7-6-8-23(17)19(25)26-20(2,3)4/h9-10,17H,5-8,11-12H2,1-4H3/t17-/m0/s1. The molecule has 0 unspecified atom stereocenters. The van der Waals surface area contributed by atoms with Gasteiger partial charge < -0.3 is 14.5 Å². The Balaban J connectivity index is 1.95. The molecule has 6 heteroatoms. The van der Waals surface area contributed by atoms with E-state index in [-0.39, 0.29) is 18.0 Å². The van der Waals surface area contributed by atoms with Crippen LogP contribution in [0.4, 0.5) is 4.79 Å². The SMILES string of the molecule is CCN1Cc2cc(Cl)cc([C@@H]3CCCN3C(=O)OC(C)(C)C)c2CC1=O. The van der Waals surface area contributed by atoms with E-state index in [1.807, 2.05) is 44.7 Å². The molecule has 2 aliphatic rings. The first-order valence-electron chi connectivity index (χ1n) is 9.28. The molecule has 2 amide bonds. The second-order valence-corrected chi connectivity index (χ2v) is 8.49. The monoisotopic (exact) mass is 378 g/mol. The van der Waals surface area contributed by atoms with Gasteiger partial charge in [-0.3, -0.25) is 4.79 Å². The second kappa shape index (κ2) is 7.10. The predicted molar refractivity (Wildman–Crippen MR) is 101 cm³/mol. The summed E-state index contributed by atoms with van der Waals surface area (Å²) in [5.41, 5.74) is 2.59. The maximum absolute atomic E-state index is 12.7. The van der Waals surface area contributed by atoms with Crippen molar-refractivity contribution in [1.29, 1.82) is 0 Å². The van der Waals surface area contributed by atoms with Gasteiger partial charge in [0.1, 0.15) is 5.60 Å². The Labute approximate surface area is 160 Å². The number of rotatable bonds is 2. The van der Waals surface area contributed by atoms with Crippen LogP contribution in [0.2, 0.25) is 5.02 Å². The van der Waals surface area contributed by atoms with Gasteiger partial charge in [-0.05, 0) is 69.4 Å². The van der Waals surface area contributed by atoms with Gasteiger partial charge in [0, 0.05) is 24.7 Å². The minimum Gasteiger partial charge on any atom is -0.444 e. The molecule has 0 aliphatic carbocycles. The third-order valence-corrected chi connectivity index (χ3v) is 5.22. The highest BCUT2D eigenvalue weighted by Gasteiger charge is 2.36. The van der Waals surface area contributed by atoms with Crippen molar-refractivity contribution in [3.8, 4) is 0 Å². The van der Waals surface area contributed by atoms with Crippen molar-refractivity contribution in [2.45, 2.75) is 65.1 Å². The van der Waals surface area contributed by atoms with Gasteiger partial charge in [-0.1, -0.05) is 11.6 Å². The number of carbonyl (C=O) groups is 2. The molecule has 0 saturated carbocycles. The van der Waals surface area contributed by atoms with E-state index in [0.29, 0.717) is 31.1 Å². The van der Waals surface area contributed by atoms with Gasteiger partial charge >= 0.3 is 6.09 Å². The molecule has 2 aliphatic heterocycles. The van der Waals surface area contributed by atoms with Gasteiger partial charge in [0.15, 0.2) is 0 Å². The summed E-state index contributed by atoms with van der Waals surface area (Å²) in [4.78, 5) is 28.7. The number of hydrogen-bond acceptors (Lipinski definition) is 3. The largest absolute Gasteiger partial charge is 0.444 e. The molecule has 1 atom stereocenters. The number of nitrogens with zero attached hydrogens (tertiary/aromatic N) is 2. The fourth-order valence-corrected chi connectivity index (χ4v) is 4.09. The lowest BCUT2D eigenvalue weighted by molar-refractivity contribution is -0.131. The summed E-state index contributed by atoms with van der Waals surface area (Å²) >= 11 is 6.38. The molecule has 0 spiro atoms. The molecule has 0 bridgehead atoms. The van der Waals surface area contributed by atoms with Crippen LogP contribution in [-0.2, 0) is 22.5 Å². The van der Waals surface area contributed by atoms with Gasteiger partial charge in [-0.25, -0.2) is 4.79 Å². The lowest BCUT2D eigenvalue weighted by atomic mass is 9.89. The average Bonchev–Trinajstić information content (AvgIpc) is 3.02. The highest BCUT2D eigenvalue weighted by Crippen LogP contribution is 2.39. The fourth-order valence-electron chi connectivity index (χ4n) is 3.84. The molecular formula is C20H27ClN2O3. The Bertz CT molecular complexity index is 727. The summed E-state index contributed by atoms with van der Waals surface area (Å²) in [5, 5.41) is 0.653. The Morgan fingerprint density at radius 2 is 2.08 bits per heavy atom. The van der Waals surface area contributed by atoms with E-state index >= 15 is 0 Å². The lowest BCUT2D eigenvalue weighted by Crippen LogP contribution is -2.39. The van der Waals surface area contributed by atoms with Crippen molar-refractivity contribution in [2.24, 2.45) is 0 Å². The average molecular weight is 379 g/mol. The van der Waals surface area contributed by atoms with Crippen LogP contribution >= 0.6 is 11.6 Å². The van der Waals surface area contributed by atoms with Gasteiger partial charge in [0.2, 0.25) is 5.91 Å². The minimum absolute atomic E-state index is 0.0849. The first-order valence-corrected chi connectivity index (χ1v) is 9.66. The van der Waals surface area contributed by atoms with Crippen LogP contribution < -0.4 is 0 Å². The van der Waals surface area contributed by atoms with E-state index in [2.05, 4.69) is 0 Å².